The van der Waals surface area contributed by atoms with Crippen LogP contribution in [0.4, 0.5) is 17.3 Å². The first-order valence-corrected chi connectivity index (χ1v) is 13.8. The normalized spacial score (nSPS) is 20.4. The van der Waals surface area contributed by atoms with Gasteiger partial charge in [-0.2, -0.15) is 4.98 Å². The number of benzene rings is 1. The second-order valence-corrected chi connectivity index (χ2v) is 11.3. The van der Waals surface area contributed by atoms with Gasteiger partial charge in [0.1, 0.15) is 11.0 Å². The number of likely N-dealkylation sites (N-methyl/N-ethyl adjacent to an activating group) is 1. The summed E-state index contributed by atoms with van der Waals surface area (Å²) < 4.78 is 3.42. The molecule has 2 aliphatic rings. The lowest BCUT2D eigenvalue weighted by molar-refractivity contribution is 0.0435. The van der Waals surface area contributed by atoms with Gasteiger partial charge in [-0.3, -0.25) is 4.79 Å². The van der Waals surface area contributed by atoms with Crippen molar-refractivity contribution < 1.29 is 5.11 Å². The summed E-state index contributed by atoms with van der Waals surface area (Å²) in [6.45, 7) is 10.4. The zero-order valence-corrected chi connectivity index (χ0v) is 23.6. The van der Waals surface area contributed by atoms with E-state index in [1.54, 1.807) is 22.5 Å². The molecule has 1 aromatic carbocycles. The first kappa shape index (κ1) is 26.2. The highest BCUT2D eigenvalue weighted by Crippen LogP contribution is 2.30. The predicted octanol–water partition coefficient (Wildman–Crippen LogP) is 3.81. The number of nitrogens with zero attached hydrogens (tertiary/aromatic N) is 7. The summed E-state index contributed by atoms with van der Waals surface area (Å²) in [5.74, 6) is 0.917. The summed E-state index contributed by atoms with van der Waals surface area (Å²) >= 11 is 0. The maximum absolute atomic E-state index is 13.6. The van der Waals surface area contributed by atoms with Crippen LogP contribution in [0, 0.1) is 0 Å². The van der Waals surface area contributed by atoms with E-state index in [0.717, 1.165) is 43.0 Å². The SMILES string of the molecule is CC1=C(C)Cn2c(=O)c3cnc(Nc4ccc(N5CCN(C)CC5)cc4)nc3n2-c2cccc(n2)C(C)(O)CC1. The second-order valence-electron chi connectivity index (χ2n) is 11.3. The van der Waals surface area contributed by atoms with Crippen molar-refractivity contribution in [2.75, 3.05) is 43.4 Å². The fourth-order valence-electron chi connectivity index (χ4n) is 5.39. The van der Waals surface area contributed by atoms with Gasteiger partial charge in [0.15, 0.2) is 11.5 Å². The van der Waals surface area contributed by atoms with Crippen LogP contribution >= 0.6 is 0 Å². The quantitative estimate of drug-likeness (QED) is 0.378. The monoisotopic (exact) mass is 540 g/mol. The van der Waals surface area contributed by atoms with Crippen LogP contribution in [0.25, 0.3) is 16.9 Å². The van der Waals surface area contributed by atoms with Crippen molar-refractivity contribution in [1.82, 2.24) is 29.2 Å². The molecule has 2 aliphatic heterocycles. The van der Waals surface area contributed by atoms with Crippen molar-refractivity contribution in [2.24, 2.45) is 0 Å². The Bertz CT molecular complexity index is 1640. The fraction of sp³-hybridized carbons (Fsp3) is 0.400. The molecular formula is C30H36N8O2. The van der Waals surface area contributed by atoms with Gasteiger partial charge in [-0.1, -0.05) is 17.2 Å². The van der Waals surface area contributed by atoms with Gasteiger partial charge >= 0.3 is 0 Å². The number of rotatable bonds is 3. The van der Waals surface area contributed by atoms with Crippen LogP contribution in [0.15, 0.2) is 64.6 Å². The Kier molecular flexibility index (Phi) is 6.67. The minimum Gasteiger partial charge on any atom is -0.384 e. The Morgan fingerprint density at radius 1 is 0.975 bits per heavy atom. The Hall–Kier alpha value is -4.02. The van der Waals surface area contributed by atoms with Crippen LogP contribution in [0.3, 0.4) is 0 Å². The molecular weight excluding hydrogens is 504 g/mol. The van der Waals surface area contributed by atoms with E-state index in [4.69, 9.17) is 9.97 Å². The van der Waals surface area contributed by atoms with E-state index in [0.29, 0.717) is 47.9 Å². The Labute approximate surface area is 233 Å². The van der Waals surface area contributed by atoms with E-state index in [-0.39, 0.29) is 5.56 Å². The van der Waals surface area contributed by atoms with E-state index >= 15 is 0 Å². The summed E-state index contributed by atoms with van der Waals surface area (Å²) in [4.78, 5) is 32.4. The number of piperazine rings is 1. The van der Waals surface area contributed by atoms with Crippen molar-refractivity contribution in [1.29, 1.82) is 0 Å². The number of anilines is 3. The summed E-state index contributed by atoms with van der Waals surface area (Å²) in [5, 5.41) is 15.0. The summed E-state index contributed by atoms with van der Waals surface area (Å²) in [6.07, 6.45) is 2.83. The van der Waals surface area contributed by atoms with E-state index in [9.17, 15) is 9.90 Å². The molecule has 0 saturated carbocycles. The predicted molar refractivity (Wildman–Crippen MR) is 158 cm³/mol. The van der Waals surface area contributed by atoms with Crippen LogP contribution in [0.2, 0.25) is 0 Å². The van der Waals surface area contributed by atoms with Crippen molar-refractivity contribution in [3.8, 4) is 5.82 Å². The van der Waals surface area contributed by atoms with Crippen LogP contribution in [-0.2, 0) is 12.1 Å². The number of aromatic nitrogens is 5. The van der Waals surface area contributed by atoms with Crippen LogP contribution < -0.4 is 15.8 Å². The molecule has 5 heterocycles. The average Bonchev–Trinajstić information content (AvgIpc) is 3.22. The Balaban J connectivity index is 1.40. The van der Waals surface area contributed by atoms with Crippen LogP contribution in [0.1, 0.15) is 39.3 Å². The molecule has 4 aromatic rings. The molecule has 1 saturated heterocycles. The molecule has 2 N–H and O–H groups in total. The van der Waals surface area contributed by atoms with E-state index < -0.39 is 5.60 Å². The summed E-state index contributed by atoms with van der Waals surface area (Å²) in [5.41, 5.74) is 4.02. The van der Waals surface area contributed by atoms with Gasteiger partial charge in [-0.15, -0.1) is 0 Å². The Morgan fingerprint density at radius 2 is 1.73 bits per heavy atom. The van der Waals surface area contributed by atoms with E-state index in [1.807, 2.05) is 37.3 Å². The van der Waals surface area contributed by atoms with Crippen molar-refractivity contribution in [3.05, 3.63) is 75.9 Å². The van der Waals surface area contributed by atoms with Crippen molar-refractivity contribution >= 4 is 28.4 Å². The topological polar surface area (TPSA) is 104 Å². The number of nitrogens with one attached hydrogen (secondary N) is 1. The van der Waals surface area contributed by atoms with Gasteiger partial charge in [0.25, 0.3) is 5.56 Å². The molecule has 0 spiro atoms. The second kappa shape index (κ2) is 10.2. The summed E-state index contributed by atoms with van der Waals surface area (Å²) in [6, 6.07) is 13.8. The first-order valence-electron chi connectivity index (χ1n) is 13.8. The molecule has 208 valence electrons. The molecule has 0 radical (unpaired) electrons. The molecule has 3 aromatic heterocycles. The van der Waals surface area contributed by atoms with Gasteiger partial charge in [0.05, 0.1) is 12.2 Å². The molecule has 10 nitrogen and oxygen atoms in total. The zero-order valence-electron chi connectivity index (χ0n) is 23.6. The molecule has 6 rings (SSSR count). The largest absolute Gasteiger partial charge is 0.384 e. The van der Waals surface area contributed by atoms with E-state index in [2.05, 4.69) is 46.2 Å². The average molecular weight is 541 g/mol. The molecule has 2 bridgehead atoms. The van der Waals surface area contributed by atoms with Gasteiger partial charge in [0.2, 0.25) is 5.95 Å². The minimum atomic E-state index is -1.10. The molecule has 0 amide bonds. The maximum atomic E-state index is 13.6. The zero-order chi connectivity index (χ0) is 28.0. The van der Waals surface area contributed by atoms with E-state index in [1.165, 1.54) is 5.69 Å². The van der Waals surface area contributed by atoms with Crippen LogP contribution in [0.5, 0.6) is 0 Å². The first-order chi connectivity index (χ1) is 19.2. The van der Waals surface area contributed by atoms with Gasteiger partial charge in [-0.05, 0) is 77.1 Å². The molecule has 1 fully saturated rings. The third-order valence-electron chi connectivity index (χ3n) is 8.27. The number of allylic oxidation sites excluding steroid dienone is 2. The van der Waals surface area contributed by atoms with Crippen LogP contribution in [-0.4, -0.2) is 67.5 Å². The van der Waals surface area contributed by atoms with Gasteiger partial charge < -0.3 is 20.2 Å². The number of fused-ring (bicyclic) bond motifs is 6. The highest BCUT2D eigenvalue weighted by atomic mass is 16.3. The third-order valence-corrected chi connectivity index (χ3v) is 8.27. The molecule has 0 aliphatic carbocycles. The van der Waals surface area contributed by atoms with Crippen molar-refractivity contribution in [3.63, 3.8) is 0 Å². The molecule has 40 heavy (non-hydrogen) atoms. The lowest BCUT2D eigenvalue weighted by Gasteiger charge is -2.34. The Morgan fingerprint density at radius 3 is 2.48 bits per heavy atom. The minimum absolute atomic E-state index is 0.177. The summed E-state index contributed by atoms with van der Waals surface area (Å²) in [7, 11) is 2.15. The van der Waals surface area contributed by atoms with Gasteiger partial charge in [-0.25, -0.2) is 19.3 Å². The number of hydrogen-bond donors (Lipinski definition) is 2. The molecule has 1 unspecified atom stereocenters. The van der Waals surface area contributed by atoms with Gasteiger partial charge in [0, 0.05) is 43.8 Å². The third kappa shape index (κ3) is 4.89. The maximum Gasteiger partial charge on any atom is 0.278 e. The lowest BCUT2D eigenvalue weighted by atomic mass is 9.92. The van der Waals surface area contributed by atoms with Crippen molar-refractivity contribution in [2.45, 2.75) is 45.8 Å². The fourth-order valence-corrected chi connectivity index (χ4v) is 5.39. The number of pyridine rings is 1. The number of hydrogen-bond acceptors (Lipinski definition) is 8. The molecule has 10 heteroatoms. The standard InChI is InChI=1S/C30H36N8O2/c1-20-12-13-30(3,40)25-6-5-7-26(33-25)38-27-24(28(39)37(38)19-21(20)2)18-31-29(34-27)32-22-8-10-23(11-9-22)36-16-14-35(4)15-17-36/h5-11,18,40H,12-17,19H2,1-4H3,(H,31,32,34). The lowest BCUT2D eigenvalue weighted by Crippen LogP contribution is -2.44. The molecule has 1 atom stereocenters. The highest BCUT2D eigenvalue weighted by molar-refractivity contribution is 5.77. The smallest absolute Gasteiger partial charge is 0.278 e. The highest BCUT2D eigenvalue weighted by Gasteiger charge is 2.27. The number of aliphatic hydroxyl groups is 1.